The lowest BCUT2D eigenvalue weighted by Crippen LogP contribution is -2.17. The third kappa shape index (κ3) is 2.81. The Labute approximate surface area is 152 Å². The highest BCUT2D eigenvalue weighted by Crippen LogP contribution is 2.39. The van der Waals surface area contributed by atoms with Crippen molar-refractivity contribution < 1.29 is 9.53 Å². The Morgan fingerprint density at radius 1 is 0.962 bits per heavy atom. The highest BCUT2D eigenvalue weighted by Gasteiger charge is 2.40. The summed E-state index contributed by atoms with van der Waals surface area (Å²) in [6, 6.07) is 17.4. The highest BCUT2D eigenvalue weighted by molar-refractivity contribution is 5.99. The van der Waals surface area contributed by atoms with Gasteiger partial charge < -0.3 is 10.1 Å². The second-order valence-corrected chi connectivity index (χ2v) is 6.72. The maximum absolute atomic E-state index is 12.4. The summed E-state index contributed by atoms with van der Waals surface area (Å²) in [6.07, 6.45) is 3.46. The van der Waals surface area contributed by atoms with Gasteiger partial charge in [0.1, 0.15) is 17.0 Å². The molecule has 1 aromatic carbocycles. The number of nitrogens with zero attached hydrogens (tertiary/aromatic N) is 2. The zero-order valence-electron chi connectivity index (χ0n) is 14.6. The van der Waals surface area contributed by atoms with Gasteiger partial charge in [-0.2, -0.15) is 0 Å². The Morgan fingerprint density at radius 3 is 2.46 bits per heavy atom. The van der Waals surface area contributed by atoms with Crippen LogP contribution in [-0.4, -0.2) is 15.9 Å². The number of nitrogens with one attached hydrogen (secondary N) is 1. The standard InChI is InChI=1S/C21H19N3O2/c1-21(2)15-11-13-23-19(17(15)20(25)26-21)24-18(14-8-4-3-5-9-14)16-10-6-7-12-22-16/h3-13,18H,1-2H3,(H,23,24). The van der Waals surface area contributed by atoms with Crippen LogP contribution < -0.4 is 5.32 Å². The Balaban J connectivity index is 1.79. The van der Waals surface area contributed by atoms with Gasteiger partial charge >= 0.3 is 5.97 Å². The predicted octanol–water partition coefficient (Wildman–Crippen LogP) is 4.08. The molecule has 5 nitrogen and oxygen atoms in total. The molecule has 0 spiro atoms. The van der Waals surface area contributed by atoms with Crippen LogP contribution in [0.3, 0.4) is 0 Å². The predicted molar refractivity (Wildman–Crippen MR) is 98.8 cm³/mol. The number of rotatable bonds is 4. The fraction of sp³-hybridized carbons (Fsp3) is 0.190. The van der Waals surface area contributed by atoms with Crippen LogP contribution >= 0.6 is 0 Å². The van der Waals surface area contributed by atoms with Crippen molar-refractivity contribution in [1.29, 1.82) is 0 Å². The van der Waals surface area contributed by atoms with Crippen molar-refractivity contribution in [2.24, 2.45) is 0 Å². The normalized spacial score (nSPS) is 15.8. The van der Waals surface area contributed by atoms with Crippen LogP contribution in [0.4, 0.5) is 5.82 Å². The number of hydrogen-bond donors (Lipinski definition) is 1. The first-order valence-corrected chi connectivity index (χ1v) is 8.51. The summed E-state index contributed by atoms with van der Waals surface area (Å²) in [6.45, 7) is 3.77. The molecule has 1 aliphatic rings. The van der Waals surface area contributed by atoms with E-state index in [-0.39, 0.29) is 12.0 Å². The number of carbonyl (C=O) groups excluding carboxylic acids is 1. The van der Waals surface area contributed by atoms with E-state index in [1.165, 1.54) is 0 Å². The molecular weight excluding hydrogens is 326 g/mol. The SMILES string of the molecule is CC1(C)OC(=O)c2c1ccnc2NC(c1ccccc1)c1ccccn1. The van der Waals surface area contributed by atoms with Crippen LogP contribution in [0.15, 0.2) is 67.0 Å². The minimum atomic E-state index is -0.654. The molecule has 0 fully saturated rings. The molecule has 0 saturated carbocycles. The number of fused-ring (bicyclic) bond motifs is 1. The molecule has 0 saturated heterocycles. The molecule has 2 aromatic heterocycles. The van der Waals surface area contributed by atoms with Gasteiger partial charge in [-0.15, -0.1) is 0 Å². The van der Waals surface area contributed by atoms with Gasteiger partial charge in [-0.3, -0.25) is 4.98 Å². The third-order valence-electron chi connectivity index (χ3n) is 4.55. The van der Waals surface area contributed by atoms with Gasteiger partial charge in [-0.05, 0) is 37.6 Å². The molecule has 1 unspecified atom stereocenters. The van der Waals surface area contributed by atoms with E-state index < -0.39 is 5.60 Å². The first-order chi connectivity index (χ1) is 12.6. The Morgan fingerprint density at radius 2 is 1.73 bits per heavy atom. The summed E-state index contributed by atoms with van der Waals surface area (Å²) in [7, 11) is 0. The zero-order valence-corrected chi connectivity index (χ0v) is 14.6. The molecule has 130 valence electrons. The molecule has 0 bridgehead atoms. The minimum absolute atomic E-state index is 0.229. The molecule has 1 atom stereocenters. The van der Waals surface area contributed by atoms with Crippen molar-refractivity contribution in [3.63, 3.8) is 0 Å². The van der Waals surface area contributed by atoms with Gasteiger partial charge in [0.25, 0.3) is 0 Å². The van der Waals surface area contributed by atoms with Crippen molar-refractivity contribution in [3.05, 3.63) is 89.4 Å². The van der Waals surface area contributed by atoms with Crippen LogP contribution in [-0.2, 0) is 10.3 Å². The molecule has 26 heavy (non-hydrogen) atoms. The number of ether oxygens (including phenoxy) is 1. The van der Waals surface area contributed by atoms with Crippen LogP contribution in [0.5, 0.6) is 0 Å². The maximum atomic E-state index is 12.4. The van der Waals surface area contributed by atoms with Gasteiger partial charge in [0.05, 0.1) is 11.7 Å². The quantitative estimate of drug-likeness (QED) is 0.722. The molecule has 3 heterocycles. The summed E-state index contributed by atoms with van der Waals surface area (Å²) in [5.41, 5.74) is 2.57. The van der Waals surface area contributed by atoms with Gasteiger partial charge in [-0.25, -0.2) is 9.78 Å². The number of esters is 1. The summed E-state index contributed by atoms with van der Waals surface area (Å²) in [5.74, 6) is 0.158. The maximum Gasteiger partial charge on any atom is 0.343 e. The molecule has 1 aliphatic heterocycles. The number of aromatic nitrogens is 2. The van der Waals surface area contributed by atoms with Crippen LogP contribution in [0.1, 0.15) is 47.1 Å². The summed E-state index contributed by atoms with van der Waals surface area (Å²) >= 11 is 0. The zero-order chi connectivity index (χ0) is 18.1. The number of pyridine rings is 2. The largest absolute Gasteiger partial charge is 0.451 e. The molecule has 5 heteroatoms. The summed E-state index contributed by atoms with van der Waals surface area (Å²) in [4.78, 5) is 21.3. The number of anilines is 1. The molecule has 0 amide bonds. The number of carbonyl (C=O) groups is 1. The fourth-order valence-electron chi connectivity index (χ4n) is 3.27. The highest BCUT2D eigenvalue weighted by atomic mass is 16.6. The number of hydrogen-bond acceptors (Lipinski definition) is 5. The second-order valence-electron chi connectivity index (χ2n) is 6.72. The Kier molecular flexibility index (Phi) is 3.92. The van der Waals surface area contributed by atoms with E-state index >= 15 is 0 Å². The van der Waals surface area contributed by atoms with E-state index in [1.54, 1.807) is 12.4 Å². The topological polar surface area (TPSA) is 64.1 Å². The van der Waals surface area contributed by atoms with Crippen LogP contribution in [0, 0.1) is 0 Å². The average molecular weight is 345 g/mol. The van der Waals surface area contributed by atoms with E-state index in [2.05, 4.69) is 15.3 Å². The van der Waals surface area contributed by atoms with Crippen molar-refractivity contribution in [2.45, 2.75) is 25.5 Å². The molecule has 0 aliphatic carbocycles. The van der Waals surface area contributed by atoms with Gasteiger partial charge in [0.15, 0.2) is 0 Å². The van der Waals surface area contributed by atoms with E-state index in [1.807, 2.05) is 68.4 Å². The third-order valence-corrected chi connectivity index (χ3v) is 4.55. The smallest absolute Gasteiger partial charge is 0.343 e. The number of benzene rings is 1. The summed E-state index contributed by atoms with van der Waals surface area (Å²) < 4.78 is 5.52. The molecular formula is C21H19N3O2. The lowest BCUT2D eigenvalue weighted by Gasteiger charge is -2.21. The second kappa shape index (κ2) is 6.26. The minimum Gasteiger partial charge on any atom is -0.451 e. The van der Waals surface area contributed by atoms with E-state index in [9.17, 15) is 4.79 Å². The molecule has 0 radical (unpaired) electrons. The Bertz CT molecular complexity index is 900. The molecule has 3 aromatic rings. The van der Waals surface area contributed by atoms with Crippen molar-refractivity contribution in [2.75, 3.05) is 5.32 Å². The first-order valence-electron chi connectivity index (χ1n) is 8.51. The molecule has 1 N–H and O–H groups in total. The number of cyclic esters (lactones) is 1. The van der Waals surface area contributed by atoms with Gasteiger partial charge in [0, 0.05) is 18.0 Å². The van der Waals surface area contributed by atoms with E-state index in [4.69, 9.17) is 4.74 Å². The van der Waals surface area contributed by atoms with E-state index in [0.29, 0.717) is 11.4 Å². The lowest BCUT2D eigenvalue weighted by atomic mass is 9.96. The van der Waals surface area contributed by atoms with E-state index in [0.717, 1.165) is 16.8 Å². The van der Waals surface area contributed by atoms with Crippen LogP contribution in [0.2, 0.25) is 0 Å². The van der Waals surface area contributed by atoms with Gasteiger partial charge in [0.2, 0.25) is 0 Å². The summed E-state index contributed by atoms with van der Waals surface area (Å²) in [5, 5.41) is 3.41. The average Bonchev–Trinajstić information content (AvgIpc) is 2.90. The lowest BCUT2D eigenvalue weighted by molar-refractivity contribution is 0.00958. The van der Waals surface area contributed by atoms with Gasteiger partial charge in [-0.1, -0.05) is 36.4 Å². The first kappa shape index (κ1) is 16.3. The van der Waals surface area contributed by atoms with Crippen molar-refractivity contribution in [1.82, 2.24) is 9.97 Å². The Hall–Kier alpha value is -3.21. The van der Waals surface area contributed by atoms with Crippen molar-refractivity contribution in [3.8, 4) is 0 Å². The fourth-order valence-corrected chi connectivity index (χ4v) is 3.27. The monoisotopic (exact) mass is 345 g/mol. The molecule has 4 rings (SSSR count). The van der Waals surface area contributed by atoms with Crippen molar-refractivity contribution >= 4 is 11.8 Å². The van der Waals surface area contributed by atoms with Crippen LogP contribution in [0.25, 0.3) is 0 Å².